The van der Waals surface area contributed by atoms with E-state index >= 15 is 0 Å². The van der Waals surface area contributed by atoms with Gasteiger partial charge in [-0.05, 0) is 38.0 Å². The standard InChI is InChI=1S/C20H21NO4/c1-2-24-20(23)15-9-6-10-17(13-15)25-18(14-7-4-3-5-8-14)19(22)21-16-11-12-16/h3-10,13,16,18H,2,11-12H2,1H3,(H,21,22)/t18-/m0/s1. The predicted octanol–water partition coefficient (Wildman–Crippen LogP) is 3.26. The van der Waals surface area contributed by atoms with E-state index in [4.69, 9.17) is 9.47 Å². The highest BCUT2D eigenvalue weighted by Gasteiger charge is 2.29. The molecule has 1 fully saturated rings. The van der Waals surface area contributed by atoms with Crippen molar-refractivity contribution >= 4 is 11.9 Å². The highest BCUT2D eigenvalue weighted by molar-refractivity contribution is 5.90. The predicted molar refractivity (Wildman–Crippen MR) is 93.4 cm³/mol. The molecule has 0 aromatic heterocycles. The van der Waals surface area contributed by atoms with Crippen LogP contribution in [0.25, 0.3) is 0 Å². The molecule has 0 bridgehead atoms. The van der Waals surface area contributed by atoms with Gasteiger partial charge in [0.15, 0.2) is 0 Å². The number of esters is 1. The molecule has 0 heterocycles. The van der Waals surface area contributed by atoms with Gasteiger partial charge in [0.2, 0.25) is 6.10 Å². The first kappa shape index (κ1) is 17.0. The van der Waals surface area contributed by atoms with E-state index in [0.29, 0.717) is 17.9 Å². The van der Waals surface area contributed by atoms with Crippen LogP contribution in [0.1, 0.15) is 41.8 Å². The largest absolute Gasteiger partial charge is 0.476 e. The number of carbonyl (C=O) groups excluding carboxylic acids is 2. The van der Waals surface area contributed by atoms with Crippen molar-refractivity contribution in [1.82, 2.24) is 5.32 Å². The molecule has 1 aliphatic rings. The maximum absolute atomic E-state index is 12.6. The fourth-order valence-corrected chi connectivity index (χ4v) is 2.45. The monoisotopic (exact) mass is 339 g/mol. The maximum Gasteiger partial charge on any atom is 0.338 e. The molecule has 0 radical (unpaired) electrons. The van der Waals surface area contributed by atoms with Gasteiger partial charge in [0.05, 0.1) is 12.2 Å². The van der Waals surface area contributed by atoms with Gasteiger partial charge >= 0.3 is 5.97 Å². The Labute approximate surface area is 147 Å². The summed E-state index contributed by atoms with van der Waals surface area (Å²) in [5.41, 5.74) is 1.16. The molecule has 0 saturated heterocycles. The van der Waals surface area contributed by atoms with E-state index < -0.39 is 12.1 Å². The van der Waals surface area contributed by atoms with Crippen molar-refractivity contribution in [2.75, 3.05) is 6.61 Å². The molecule has 5 heteroatoms. The van der Waals surface area contributed by atoms with Gasteiger partial charge in [-0.2, -0.15) is 0 Å². The van der Waals surface area contributed by atoms with Crippen molar-refractivity contribution < 1.29 is 19.1 Å². The van der Waals surface area contributed by atoms with Crippen LogP contribution in [0.5, 0.6) is 5.75 Å². The summed E-state index contributed by atoms with van der Waals surface area (Å²) in [7, 11) is 0. The van der Waals surface area contributed by atoms with E-state index in [1.54, 1.807) is 31.2 Å². The number of ether oxygens (including phenoxy) is 2. The molecule has 1 atom stereocenters. The van der Waals surface area contributed by atoms with Crippen molar-refractivity contribution in [2.45, 2.75) is 31.9 Å². The lowest BCUT2D eigenvalue weighted by Crippen LogP contribution is -2.33. The third-order valence-corrected chi connectivity index (χ3v) is 3.86. The lowest BCUT2D eigenvalue weighted by atomic mass is 10.1. The summed E-state index contributed by atoms with van der Waals surface area (Å²) < 4.78 is 10.9. The molecule has 2 aromatic rings. The van der Waals surface area contributed by atoms with Crippen molar-refractivity contribution in [3.05, 3.63) is 65.7 Å². The smallest absolute Gasteiger partial charge is 0.338 e. The van der Waals surface area contributed by atoms with Crippen LogP contribution in [-0.4, -0.2) is 24.5 Å². The summed E-state index contributed by atoms with van der Waals surface area (Å²) in [6.07, 6.45) is 1.25. The molecule has 1 aliphatic carbocycles. The Bertz CT molecular complexity index is 740. The zero-order valence-corrected chi connectivity index (χ0v) is 14.1. The van der Waals surface area contributed by atoms with Gasteiger partial charge in [0.25, 0.3) is 5.91 Å². The molecule has 25 heavy (non-hydrogen) atoms. The molecule has 1 amide bonds. The molecule has 130 valence electrons. The lowest BCUT2D eigenvalue weighted by molar-refractivity contribution is -0.128. The molecule has 0 unspecified atom stereocenters. The highest BCUT2D eigenvalue weighted by Crippen LogP contribution is 2.26. The average molecular weight is 339 g/mol. The average Bonchev–Trinajstić information content (AvgIpc) is 3.45. The molecule has 0 spiro atoms. The minimum atomic E-state index is -0.765. The Kier molecular flexibility index (Phi) is 5.33. The molecule has 0 aliphatic heterocycles. The van der Waals surface area contributed by atoms with Crippen molar-refractivity contribution in [2.24, 2.45) is 0 Å². The quantitative estimate of drug-likeness (QED) is 0.787. The summed E-state index contributed by atoms with van der Waals surface area (Å²) in [6, 6.07) is 16.3. The summed E-state index contributed by atoms with van der Waals surface area (Å²) in [6.45, 7) is 2.06. The third-order valence-electron chi connectivity index (χ3n) is 3.86. The van der Waals surface area contributed by atoms with Gasteiger partial charge < -0.3 is 14.8 Å². The van der Waals surface area contributed by atoms with Crippen LogP contribution < -0.4 is 10.1 Å². The van der Waals surface area contributed by atoms with Crippen molar-refractivity contribution in [1.29, 1.82) is 0 Å². The summed E-state index contributed by atoms with van der Waals surface area (Å²) in [5.74, 6) is -0.132. The van der Waals surface area contributed by atoms with Crippen molar-refractivity contribution in [3.63, 3.8) is 0 Å². The second kappa shape index (κ2) is 7.83. The number of hydrogen-bond donors (Lipinski definition) is 1. The second-order valence-electron chi connectivity index (χ2n) is 5.94. The fraction of sp³-hybridized carbons (Fsp3) is 0.300. The minimum Gasteiger partial charge on any atom is -0.476 e. The fourth-order valence-electron chi connectivity index (χ4n) is 2.45. The Hall–Kier alpha value is -2.82. The molecule has 1 N–H and O–H groups in total. The lowest BCUT2D eigenvalue weighted by Gasteiger charge is -2.19. The first-order chi connectivity index (χ1) is 12.2. The molecule has 3 rings (SSSR count). The number of rotatable bonds is 7. The number of hydrogen-bond acceptors (Lipinski definition) is 4. The Balaban J connectivity index is 1.81. The molecule has 2 aromatic carbocycles. The summed E-state index contributed by atoms with van der Waals surface area (Å²) >= 11 is 0. The van der Waals surface area contributed by atoms with Gasteiger partial charge in [0, 0.05) is 11.6 Å². The summed E-state index contributed by atoms with van der Waals surface area (Å²) in [5, 5.41) is 2.97. The molecular weight excluding hydrogens is 318 g/mol. The van der Waals surface area contributed by atoms with Crippen LogP contribution in [0.15, 0.2) is 54.6 Å². The second-order valence-corrected chi connectivity index (χ2v) is 5.94. The zero-order valence-electron chi connectivity index (χ0n) is 14.1. The normalized spacial score (nSPS) is 14.4. The number of nitrogens with one attached hydrogen (secondary N) is 1. The summed E-state index contributed by atoms with van der Waals surface area (Å²) in [4.78, 5) is 24.5. The SMILES string of the molecule is CCOC(=O)c1cccc(O[C@H](C(=O)NC2CC2)c2ccccc2)c1. The van der Waals surface area contributed by atoms with E-state index in [2.05, 4.69) is 5.32 Å². The van der Waals surface area contributed by atoms with Crippen molar-refractivity contribution in [3.8, 4) is 5.75 Å². The minimum absolute atomic E-state index is 0.171. The van der Waals surface area contributed by atoms with Gasteiger partial charge in [-0.3, -0.25) is 4.79 Å². The van der Waals surface area contributed by atoms with Crippen LogP contribution in [0, 0.1) is 0 Å². The van der Waals surface area contributed by atoms with Crippen LogP contribution in [-0.2, 0) is 9.53 Å². The van der Waals surface area contributed by atoms with Crippen LogP contribution in [0.4, 0.5) is 0 Å². The topological polar surface area (TPSA) is 64.6 Å². The third kappa shape index (κ3) is 4.59. The van der Waals surface area contributed by atoms with Gasteiger partial charge in [-0.15, -0.1) is 0 Å². The molecule has 5 nitrogen and oxygen atoms in total. The van der Waals surface area contributed by atoms with E-state index in [1.807, 2.05) is 30.3 Å². The van der Waals surface area contributed by atoms with E-state index in [9.17, 15) is 9.59 Å². The van der Waals surface area contributed by atoms with Crippen LogP contribution in [0.2, 0.25) is 0 Å². The number of benzene rings is 2. The van der Waals surface area contributed by atoms with Gasteiger partial charge in [-0.1, -0.05) is 36.4 Å². The Morgan fingerprint density at radius 2 is 1.88 bits per heavy atom. The van der Waals surface area contributed by atoms with Crippen LogP contribution >= 0.6 is 0 Å². The van der Waals surface area contributed by atoms with Crippen LogP contribution in [0.3, 0.4) is 0 Å². The maximum atomic E-state index is 12.6. The number of amides is 1. The number of carbonyl (C=O) groups is 2. The molecular formula is C20H21NO4. The first-order valence-corrected chi connectivity index (χ1v) is 8.46. The first-order valence-electron chi connectivity index (χ1n) is 8.46. The Morgan fingerprint density at radius 1 is 1.12 bits per heavy atom. The van der Waals surface area contributed by atoms with E-state index in [1.165, 1.54) is 0 Å². The Morgan fingerprint density at radius 3 is 2.56 bits per heavy atom. The zero-order chi connectivity index (χ0) is 17.6. The van der Waals surface area contributed by atoms with Gasteiger partial charge in [0.1, 0.15) is 5.75 Å². The van der Waals surface area contributed by atoms with Gasteiger partial charge in [-0.25, -0.2) is 4.79 Å². The highest BCUT2D eigenvalue weighted by atomic mass is 16.5. The van der Waals surface area contributed by atoms with E-state index in [-0.39, 0.29) is 11.9 Å². The molecule has 1 saturated carbocycles. The van der Waals surface area contributed by atoms with E-state index in [0.717, 1.165) is 18.4 Å².